The second-order valence-corrected chi connectivity index (χ2v) is 15.1. The number of furan rings is 1. The number of hydrogen-bond donors (Lipinski definition) is 0. The Labute approximate surface area is 322 Å². The summed E-state index contributed by atoms with van der Waals surface area (Å²) in [5, 5.41) is 7.17. The van der Waals surface area contributed by atoms with E-state index in [9.17, 15) is 0 Å². The lowest BCUT2D eigenvalue weighted by Crippen LogP contribution is -2.12. The van der Waals surface area contributed by atoms with Gasteiger partial charge in [-0.3, -0.25) is 0 Å². The zero-order chi connectivity index (χ0) is 36.3. The Morgan fingerprint density at radius 1 is 0.382 bits per heavy atom. The molecule has 3 heteroatoms. The summed E-state index contributed by atoms with van der Waals surface area (Å²) < 4.78 is 9.30. The van der Waals surface area contributed by atoms with Crippen LogP contribution in [0.5, 0.6) is 0 Å². The lowest BCUT2D eigenvalue weighted by Gasteiger charge is -2.30. The van der Waals surface area contributed by atoms with Gasteiger partial charge in [0.15, 0.2) is 0 Å². The highest BCUT2D eigenvalue weighted by Gasteiger charge is 2.23. The normalized spacial score (nSPS) is 11.6. The molecule has 0 saturated heterocycles. The van der Waals surface area contributed by atoms with E-state index in [0.717, 1.165) is 61.1 Å². The van der Waals surface area contributed by atoms with Gasteiger partial charge in [0.25, 0.3) is 0 Å². The molecule has 0 aliphatic carbocycles. The van der Waals surface area contributed by atoms with Crippen molar-refractivity contribution in [3.05, 3.63) is 200 Å². The van der Waals surface area contributed by atoms with Gasteiger partial charge in [0, 0.05) is 53.1 Å². The zero-order valence-electron chi connectivity index (χ0n) is 29.8. The molecule has 0 aliphatic heterocycles. The monoisotopic (exact) mass is 719 g/mol. The van der Waals surface area contributed by atoms with Crippen LogP contribution in [-0.4, -0.2) is 0 Å². The Morgan fingerprint density at radius 2 is 1.00 bits per heavy atom. The fraction of sp³-hybridized carbons (Fsp3) is 0. The molecule has 0 bridgehead atoms. The first-order valence-electron chi connectivity index (χ1n) is 18.7. The van der Waals surface area contributed by atoms with Gasteiger partial charge in [-0.05, 0) is 70.1 Å². The third-order valence-electron chi connectivity index (χ3n) is 10.9. The van der Waals surface area contributed by atoms with Crippen LogP contribution in [0, 0.1) is 0 Å². The summed E-state index contributed by atoms with van der Waals surface area (Å²) in [7, 11) is 0. The largest absolute Gasteiger partial charge is 0.455 e. The minimum absolute atomic E-state index is 0.884. The van der Waals surface area contributed by atoms with Gasteiger partial charge in [-0.1, -0.05) is 158 Å². The number of rotatable bonds is 6. The number of nitrogens with zero attached hydrogens (tertiary/aromatic N) is 1. The van der Waals surface area contributed by atoms with Gasteiger partial charge in [0.2, 0.25) is 0 Å². The second-order valence-electron chi connectivity index (χ2n) is 14.0. The van der Waals surface area contributed by atoms with Gasteiger partial charge in [-0.15, -0.1) is 11.3 Å². The maximum absolute atomic E-state index is 6.67. The van der Waals surface area contributed by atoms with Crippen LogP contribution >= 0.6 is 11.3 Å². The first kappa shape index (κ1) is 31.6. The molecule has 0 N–H and O–H groups in total. The van der Waals surface area contributed by atoms with E-state index in [-0.39, 0.29) is 0 Å². The van der Waals surface area contributed by atoms with Crippen LogP contribution in [0.2, 0.25) is 0 Å². The molecule has 9 aromatic carbocycles. The average molecular weight is 720 g/mol. The molecule has 0 saturated carbocycles. The van der Waals surface area contributed by atoms with Crippen LogP contribution in [0.25, 0.3) is 86.3 Å². The number of benzene rings is 9. The van der Waals surface area contributed by atoms with Gasteiger partial charge in [0.05, 0.1) is 11.4 Å². The molecule has 0 amide bonds. The lowest BCUT2D eigenvalue weighted by atomic mass is 9.95. The zero-order valence-corrected chi connectivity index (χ0v) is 30.6. The van der Waals surface area contributed by atoms with E-state index in [1.165, 1.54) is 42.2 Å². The highest BCUT2D eigenvalue weighted by Crippen LogP contribution is 2.48. The highest BCUT2D eigenvalue weighted by atomic mass is 32.1. The summed E-state index contributed by atoms with van der Waals surface area (Å²) in [5.41, 5.74) is 12.1. The van der Waals surface area contributed by atoms with Crippen molar-refractivity contribution in [2.75, 3.05) is 4.90 Å². The summed E-state index contributed by atoms with van der Waals surface area (Å²) in [6.45, 7) is 0. The topological polar surface area (TPSA) is 16.4 Å². The van der Waals surface area contributed by atoms with Crippen LogP contribution < -0.4 is 4.90 Å². The van der Waals surface area contributed by atoms with Gasteiger partial charge < -0.3 is 9.32 Å². The molecule has 0 radical (unpaired) electrons. The Morgan fingerprint density at radius 3 is 1.85 bits per heavy atom. The van der Waals surface area contributed by atoms with Crippen molar-refractivity contribution in [1.82, 2.24) is 0 Å². The number of para-hydroxylation sites is 2. The molecular weight excluding hydrogens is 687 g/mol. The lowest BCUT2D eigenvalue weighted by molar-refractivity contribution is 0.673. The van der Waals surface area contributed by atoms with Gasteiger partial charge in [0.1, 0.15) is 11.2 Å². The summed E-state index contributed by atoms with van der Waals surface area (Å²) in [6.07, 6.45) is 0. The van der Waals surface area contributed by atoms with Crippen molar-refractivity contribution in [3.63, 3.8) is 0 Å². The summed E-state index contributed by atoms with van der Waals surface area (Å²) in [4.78, 5) is 2.43. The summed E-state index contributed by atoms with van der Waals surface area (Å²) >= 11 is 1.87. The number of anilines is 3. The molecule has 11 aromatic rings. The molecule has 0 fully saturated rings. The van der Waals surface area contributed by atoms with Crippen molar-refractivity contribution in [3.8, 4) is 33.4 Å². The molecule has 2 aromatic heterocycles. The van der Waals surface area contributed by atoms with E-state index in [4.69, 9.17) is 4.42 Å². The number of fused-ring (bicyclic) bond motifs is 8. The van der Waals surface area contributed by atoms with E-state index >= 15 is 0 Å². The standard InChI is InChI=1S/C52H33NOS/c1-2-14-34(15-3-1)38-17-6-9-24-46(38)53(37-31-28-36(29-32-37)40-21-12-23-44-42-20-8-11-27-49(42)55-52(40)44)47-25-10-7-19-41(47)43-22-13-26-48-50(43)45-33-30-35-16-4-5-18-39(35)51(45)54-48/h1-33H. The average Bonchev–Trinajstić information content (AvgIpc) is 3.84. The number of thiophene rings is 1. The Bertz CT molecular complexity index is 3210. The van der Waals surface area contributed by atoms with E-state index in [2.05, 4.69) is 205 Å². The maximum atomic E-state index is 6.67. The van der Waals surface area contributed by atoms with Crippen molar-refractivity contribution < 1.29 is 4.42 Å². The maximum Gasteiger partial charge on any atom is 0.143 e. The Kier molecular flexibility index (Phi) is 7.39. The third kappa shape index (κ3) is 5.16. The Hall–Kier alpha value is -6.94. The van der Waals surface area contributed by atoms with Crippen LogP contribution in [0.4, 0.5) is 17.1 Å². The number of hydrogen-bond acceptors (Lipinski definition) is 3. The van der Waals surface area contributed by atoms with Gasteiger partial charge >= 0.3 is 0 Å². The van der Waals surface area contributed by atoms with Gasteiger partial charge in [-0.25, -0.2) is 0 Å². The molecule has 0 aliphatic rings. The minimum Gasteiger partial charge on any atom is -0.455 e. The van der Waals surface area contributed by atoms with Crippen LogP contribution in [0.3, 0.4) is 0 Å². The highest BCUT2D eigenvalue weighted by molar-refractivity contribution is 7.26. The van der Waals surface area contributed by atoms with Crippen molar-refractivity contribution in [1.29, 1.82) is 0 Å². The molecule has 0 atom stereocenters. The van der Waals surface area contributed by atoms with E-state index in [1.54, 1.807) is 0 Å². The quantitative estimate of drug-likeness (QED) is 0.170. The van der Waals surface area contributed by atoms with Gasteiger partial charge in [-0.2, -0.15) is 0 Å². The third-order valence-corrected chi connectivity index (χ3v) is 12.1. The van der Waals surface area contributed by atoms with Crippen molar-refractivity contribution in [2.24, 2.45) is 0 Å². The molecule has 2 nitrogen and oxygen atoms in total. The predicted octanol–water partition coefficient (Wildman–Crippen LogP) is 15.6. The first-order chi connectivity index (χ1) is 27.3. The molecular formula is C52H33NOS. The smallest absolute Gasteiger partial charge is 0.143 e. The molecule has 0 spiro atoms. The molecule has 11 rings (SSSR count). The predicted molar refractivity (Wildman–Crippen MR) is 235 cm³/mol. The molecule has 2 heterocycles. The fourth-order valence-electron chi connectivity index (χ4n) is 8.38. The molecule has 55 heavy (non-hydrogen) atoms. The summed E-state index contributed by atoms with van der Waals surface area (Å²) in [5.74, 6) is 0. The van der Waals surface area contributed by atoms with Crippen molar-refractivity contribution in [2.45, 2.75) is 0 Å². The Balaban J connectivity index is 1.13. The van der Waals surface area contributed by atoms with Crippen molar-refractivity contribution >= 4 is 81.3 Å². The molecule has 0 unspecified atom stereocenters. The minimum atomic E-state index is 0.884. The fourth-order valence-corrected chi connectivity index (χ4v) is 9.62. The van der Waals surface area contributed by atoms with E-state index < -0.39 is 0 Å². The van der Waals surface area contributed by atoms with Crippen LogP contribution in [-0.2, 0) is 0 Å². The van der Waals surface area contributed by atoms with Crippen LogP contribution in [0.15, 0.2) is 205 Å². The van der Waals surface area contributed by atoms with E-state index in [1.807, 2.05) is 11.3 Å². The van der Waals surface area contributed by atoms with E-state index in [0.29, 0.717) is 0 Å². The second kappa shape index (κ2) is 12.9. The molecule has 258 valence electrons. The van der Waals surface area contributed by atoms with Crippen LogP contribution in [0.1, 0.15) is 0 Å². The summed E-state index contributed by atoms with van der Waals surface area (Å²) in [6, 6.07) is 72.1. The first-order valence-corrected chi connectivity index (χ1v) is 19.5. The SMILES string of the molecule is c1ccc(-c2ccccc2N(c2ccc(-c3cccc4c3sc3ccccc34)cc2)c2ccccc2-c2cccc3oc4c5ccccc5ccc4c23)cc1.